The van der Waals surface area contributed by atoms with E-state index in [1.54, 1.807) is 0 Å². The van der Waals surface area contributed by atoms with E-state index in [0.717, 1.165) is 88.0 Å². The van der Waals surface area contributed by atoms with E-state index in [2.05, 4.69) is 140 Å². The lowest BCUT2D eigenvalue weighted by Gasteiger charge is -2.41. The Kier molecular flexibility index (Phi) is 25.5. The van der Waals surface area contributed by atoms with Crippen molar-refractivity contribution in [3.05, 3.63) is 105 Å². The van der Waals surface area contributed by atoms with E-state index in [1.807, 2.05) is 14.2 Å². The summed E-state index contributed by atoms with van der Waals surface area (Å²) in [6.07, 6.45) is 11.8. The van der Waals surface area contributed by atoms with E-state index in [-0.39, 0.29) is 13.2 Å². The zero-order valence-electron chi connectivity index (χ0n) is 47.9. The molecule has 17 heteroatoms. The summed E-state index contributed by atoms with van der Waals surface area (Å²) in [6.45, 7) is 31.8. The summed E-state index contributed by atoms with van der Waals surface area (Å²) >= 11 is 0. The van der Waals surface area contributed by atoms with Gasteiger partial charge in [-0.2, -0.15) is 0 Å². The molecule has 2 aliphatic rings. The highest BCUT2D eigenvalue weighted by Crippen LogP contribution is 2.33. The Labute approximate surface area is 445 Å². The molecule has 0 heterocycles. The first-order valence-corrected chi connectivity index (χ1v) is 47.9. The molecule has 0 saturated carbocycles. The number of aryl methyl sites for hydroxylation is 9. The fraction of sp³-hybridized carbons (Fsp3) is 0.673. The Morgan fingerprint density at radius 3 is 0.972 bits per heavy atom. The molecule has 0 aliphatic heterocycles. The molecular weight excluding hydrogens is 1020 g/mol. The molecule has 0 aromatic heterocycles. The fourth-order valence-electron chi connectivity index (χ4n) is 10.3. The van der Waals surface area contributed by atoms with Gasteiger partial charge in [-0.05, 0) is 236 Å². The van der Waals surface area contributed by atoms with Crippen LogP contribution in [0.4, 0.5) is 0 Å². The van der Waals surface area contributed by atoms with Crippen LogP contribution in [0.3, 0.4) is 0 Å². The van der Waals surface area contributed by atoms with Gasteiger partial charge >= 0.3 is 25.7 Å². The average Bonchev–Trinajstić information content (AvgIpc) is 3.27. The molecule has 2 atom stereocenters. The van der Waals surface area contributed by atoms with Crippen molar-refractivity contribution < 1.29 is 45.0 Å². The second-order valence-corrected chi connectivity index (χ2v) is 53.0. The van der Waals surface area contributed by atoms with Gasteiger partial charge in [-0.15, -0.1) is 0 Å². The van der Waals surface area contributed by atoms with E-state index in [0.29, 0.717) is 26.4 Å². The van der Waals surface area contributed by atoms with E-state index < -0.39 is 59.0 Å². The summed E-state index contributed by atoms with van der Waals surface area (Å²) in [5.74, 6) is 0. The monoisotopic (exact) mass is 1120 g/mol. The highest BCUT2D eigenvalue weighted by Gasteiger charge is 2.43. The third-order valence-corrected chi connectivity index (χ3v) is 38.5. The molecular formula is C55H100O10Si7. The predicted molar refractivity (Wildman–Crippen MR) is 317 cm³/mol. The van der Waals surface area contributed by atoms with Crippen LogP contribution in [0.5, 0.6) is 0 Å². The number of aliphatic hydroxyl groups excluding tert-OH is 2. The summed E-state index contributed by atoms with van der Waals surface area (Å²) < 4.78 is 49.9. The largest absolute Gasteiger partial charge is 0.436 e. The van der Waals surface area contributed by atoms with E-state index in [4.69, 9.17) is 45.0 Å². The SMILES string of the molecule is CO[Si](C)(CCc1ccc2c(c1)CCc1ccc(CC[Si](C)(OC)O[Si](C)(C)C)cc1CC2)O[Si](C)(C)C.C[Si](C)(CCCOCCO)O[Si](C)(CCc1ccc2c(c1)CC2)O[Si](C)(C)CCCOCCO. The van der Waals surface area contributed by atoms with Gasteiger partial charge in [0.25, 0.3) is 0 Å². The van der Waals surface area contributed by atoms with Crippen LogP contribution in [-0.2, 0) is 92.6 Å². The average molecular weight is 1120 g/mol. The maximum Gasteiger partial charge on any atom is 0.324 e. The lowest BCUT2D eigenvalue weighted by Crippen LogP contribution is -2.54. The second-order valence-electron chi connectivity index (χ2n) is 24.2. The summed E-state index contributed by atoms with van der Waals surface area (Å²) in [6, 6.07) is 26.4. The summed E-state index contributed by atoms with van der Waals surface area (Å²) in [5, 5.41) is 17.8. The third-order valence-electron chi connectivity index (χ3n) is 13.9. The summed E-state index contributed by atoms with van der Waals surface area (Å²) in [5.41, 5.74) is 13.3. The van der Waals surface area contributed by atoms with E-state index in [1.165, 1.54) is 62.9 Å². The normalized spacial score (nSPS) is 16.0. The molecule has 3 aromatic carbocycles. The highest BCUT2D eigenvalue weighted by atomic mass is 28.5. The Bertz CT molecular complexity index is 1980. The Balaban J connectivity index is 0.000000315. The first-order chi connectivity index (χ1) is 33.7. The van der Waals surface area contributed by atoms with E-state index in [9.17, 15) is 0 Å². The molecule has 2 aliphatic carbocycles. The maximum atomic E-state index is 8.91. The minimum atomic E-state index is -2.40. The van der Waals surface area contributed by atoms with Crippen LogP contribution in [-0.4, -0.2) is 123 Å². The number of benzene rings is 3. The lowest BCUT2D eigenvalue weighted by molar-refractivity contribution is 0.0922. The standard InChI is InChI=1S/C30H52O4Si4.C25H48O6Si3/c1-31-37(9,33-35(3,4)5)21-19-25-11-13-27-16-18-30-24-26(12-14-28(30)15-17-29(27)23-25)20-22-38(10,32-2)34-36(6,7)8;1-32(2,19-6-15-28-17-13-26)30-34(5,31-33(3,4)20-7-16-29-18-14-27)21-12-23-8-9-24-10-11-25(24)22-23/h11-14,23-24H,15-22H2,1-10H3;8-9,22,26-27H,6-7,10-21H2,1-5H3. The number of hydrogen-bond donors (Lipinski definition) is 2. The van der Waals surface area contributed by atoms with Crippen molar-refractivity contribution in [1.29, 1.82) is 0 Å². The Morgan fingerprint density at radius 2 is 0.681 bits per heavy atom. The molecule has 0 spiro atoms. The molecule has 0 bridgehead atoms. The van der Waals surface area contributed by atoms with Crippen molar-refractivity contribution in [1.82, 2.24) is 0 Å². The zero-order chi connectivity index (χ0) is 53.3. The van der Waals surface area contributed by atoms with Crippen molar-refractivity contribution in [2.45, 2.75) is 186 Å². The molecule has 10 nitrogen and oxygen atoms in total. The minimum Gasteiger partial charge on any atom is -0.436 e. The molecule has 3 aromatic rings. The highest BCUT2D eigenvalue weighted by molar-refractivity contribution is 6.88. The van der Waals surface area contributed by atoms with Crippen LogP contribution in [0.2, 0.25) is 115 Å². The number of rotatable bonds is 31. The van der Waals surface area contributed by atoms with Crippen LogP contribution >= 0.6 is 0 Å². The van der Waals surface area contributed by atoms with Crippen LogP contribution in [0.15, 0.2) is 54.6 Å². The lowest BCUT2D eigenvalue weighted by atomic mass is 9.87. The van der Waals surface area contributed by atoms with Gasteiger partial charge < -0.3 is 45.0 Å². The van der Waals surface area contributed by atoms with E-state index >= 15 is 0 Å². The molecule has 0 amide bonds. The fourth-order valence-corrected chi connectivity index (χ4v) is 38.3. The first-order valence-electron chi connectivity index (χ1n) is 27.3. The topological polar surface area (TPSA) is 114 Å². The van der Waals surface area contributed by atoms with Crippen molar-refractivity contribution in [3.63, 3.8) is 0 Å². The van der Waals surface area contributed by atoms with Crippen LogP contribution in [0.25, 0.3) is 0 Å². The zero-order valence-corrected chi connectivity index (χ0v) is 54.9. The van der Waals surface area contributed by atoms with Crippen molar-refractivity contribution in [2.24, 2.45) is 0 Å². The van der Waals surface area contributed by atoms with Gasteiger partial charge in [0.05, 0.1) is 26.4 Å². The smallest absolute Gasteiger partial charge is 0.324 e. The predicted octanol–water partition coefficient (Wildman–Crippen LogP) is 12.4. The Hall–Kier alpha value is -1.22. The van der Waals surface area contributed by atoms with Crippen molar-refractivity contribution in [3.8, 4) is 0 Å². The molecule has 72 heavy (non-hydrogen) atoms. The number of fused-ring (bicyclic) bond motifs is 3. The quantitative estimate of drug-likeness (QED) is 0.0477. The van der Waals surface area contributed by atoms with Crippen molar-refractivity contribution in [2.75, 3.05) is 53.9 Å². The molecule has 2 N–H and O–H groups in total. The number of aliphatic hydroxyl groups is 2. The molecule has 0 saturated heterocycles. The van der Waals surface area contributed by atoms with Gasteiger partial charge in [-0.25, -0.2) is 0 Å². The summed E-state index contributed by atoms with van der Waals surface area (Å²) in [7, 11) is -10.1. The van der Waals surface area contributed by atoms with Gasteiger partial charge in [0, 0.05) is 27.4 Å². The van der Waals surface area contributed by atoms with Gasteiger partial charge in [0.15, 0.2) is 33.3 Å². The van der Waals surface area contributed by atoms with Gasteiger partial charge in [0.1, 0.15) is 0 Å². The molecule has 2 unspecified atom stereocenters. The van der Waals surface area contributed by atoms with Gasteiger partial charge in [-0.1, -0.05) is 54.6 Å². The van der Waals surface area contributed by atoms with Crippen LogP contribution < -0.4 is 0 Å². The molecule has 5 rings (SSSR count). The first kappa shape index (κ1) is 63.3. The second kappa shape index (κ2) is 29.0. The molecule has 408 valence electrons. The van der Waals surface area contributed by atoms with Crippen LogP contribution in [0.1, 0.15) is 62.9 Å². The maximum absolute atomic E-state index is 8.91. The Morgan fingerprint density at radius 1 is 0.375 bits per heavy atom. The van der Waals surface area contributed by atoms with Crippen molar-refractivity contribution >= 4 is 59.0 Å². The van der Waals surface area contributed by atoms with Crippen LogP contribution in [0, 0.1) is 0 Å². The third kappa shape index (κ3) is 23.2. The summed E-state index contributed by atoms with van der Waals surface area (Å²) in [4.78, 5) is 0. The minimum absolute atomic E-state index is 0.0730. The number of ether oxygens (including phenoxy) is 2. The molecule has 0 radical (unpaired) electrons. The van der Waals surface area contributed by atoms with Gasteiger partial charge in [-0.3, -0.25) is 0 Å². The molecule has 0 fully saturated rings. The number of hydrogen-bond acceptors (Lipinski definition) is 10. The van der Waals surface area contributed by atoms with Gasteiger partial charge in [0.2, 0.25) is 0 Å².